The smallest absolute Gasteiger partial charge is 0.271 e. The van der Waals surface area contributed by atoms with Gasteiger partial charge in [0, 0.05) is 16.0 Å². The summed E-state index contributed by atoms with van der Waals surface area (Å²) in [4.78, 5) is 26.7. The molecule has 3 aromatic rings. The number of nitrogens with one attached hydrogen (secondary N) is 1. The van der Waals surface area contributed by atoms with E-state index in [2.05, 4.69) is 10.5 Å². The van der Waals surface area contributed by atoms with Gasteiger partial charge in [0.15, 0.2) is 5.17 Å². The number of carbonyl (C=O) groups is 2. The van der Waals surface area contributed by atoms with Crippen molar-refractivity contribution in [1.29, 1.82) is 0 Å². The van der Waals surface area contributed by atoms with Crippen LogP contribution in [-0.4, -0.2) is 22.2 Å². The lowest BCUT2D eigenvalue weighted by molar-refractivity contribution is -0.116. The molecule has 0 spiro atoms. The number of halogens is 1. The Hall–Kier alpha value is -2.83. The Morgan fingerprint density at radius 3 is 2.57 bits per heavy atom. The summed E-state index contributed by atoms with van der Waals surface area (Å²) in [6.07, 6.45) is 0. The van der Waals surface area contributed by atoms with Crippen LogP contribution in [0.3, 0.4) is 0 Å². The van der Waals surface area contributed by atoms with E-state index >= 15 is 0 Å². The van der Waals surface area contributed by atoms with Crippen LogP contribution in [0.2, 0.25) is 5.02 Å². The number of amides is 2. The fourth-order valence-corrected chi connectivity index (χ4v) is 4.04. The number of fused-ring (bicyclic) bond motifs is 1. The Labute approximate surface area is 171 Å². The zero-order valence-electron chi connectivity index (χ0n) is 14.9. The quantitative estimate of drug-likeness (QED) is 0.640. The summed E-state index contributed by atoms with van der Waals surface area (Å²) in [7, 11) is 0. The molecule has 0 saturated carbocycles. The summed E-state index contributed by atoms with van der Waals surface area (Å²) >= 11 is 7.17. The largest absolute Gasteiger partial charge is 0.273 e. The standard InChI is InChI=1S/C21H16ClN3O2S/c1-13-20(27)25(18-8-4-6-14-5-2-3-7-17(14)18)21(28-13)24-23-19(26)15-9-11-16(22)12-10-15/h2-13H,1H3,(H,23,26)/b24-21-/t13-/m0/s1. The molecule has 1 aliphatic heterocycles. The van der Waals surface area contributed by atoms with Crippen LogP contribution >= 0.6 is 23.4 Å². The predicted octanol–water partition coefficient (Wildman–Crippen LogP) is 4.66. The predicted molar refractivity (Wildman–Crippen MR) is 115 cm³/mol. The number of amidine groups is 1. The maximum absolute atomic E-state index is 12.8. The molecule has 0 radical (unpaired) electrons. The Bertz CT molecular complexity index is 1090. The minimum Gasteiger partial charge on any atom is -0.273 e. The number of rotatable bonds is 3. The van der Waals surface area contributed by atoms with Gasteiger partial charge in [0.2, 0.25) is 5.91 Å². The average Bonchev–Trinajstić information content (AvgIpc) is 3.00. The number of nitrogens with zero attached hydrogens (tertiary/aromatic N) is 2. The Balaban J connectivity index is 1.67. The molecule has 28 heavy (non-hydrogen) atoms. The van der Waals surface area contributed by atoms with Crippen LogP contribution < -0.4 is 10.3 Å². The average molecular weight is 410 g/mol. The van der Waals surface area contributed by atoms with E-state index in [1.165, 1.54) is 11.8 Å². The first-order valence-corrected chi connectivity index (χ1v) is 9.92. The molecule has 7 heteroatoms. The van der Waals surface area contributed by atoms with Crippen molar-refractivity contribution in [2.45, 2.75) is 12.2 Å². The van der Waals surface area contributed by atoms with E-state index in [1.807, 2.05) is 49.4 Å². The van der Waals surface area contributed by atoms with Gasteiger partial charge in [0.1, 0.15) is 0 Å². The number of hydrogen-bond donors (Lipinski definition) is 1. The third-order valence-electron chi connectivity index (χ3n) is 4.41. The van der Waals surface area contributed by atoms with E-state index in [0.29, 0.717) is 15.8 Å². The molecule has 5 nitrogen and oxygen atoms in total. The highest BCUT2D eigenvalue weighted by Crippen LogP contribution is 2.35. The summed E-state index contributed by atoms with van der Waals surface area (Å²) in [6, 6.07) is 20.2. The van der Waals surface area contributed by atoms with E-state index in [4.69, 9.17) is 11.6 Å². The van der Waals surface area contributed by atoms with E-state index < -0.39 is 0 Å². The lowest BCUT2D eigenvalue weighted by Crippen LogP contribution is -2.33. The number of hydrogen-bond acceptors (Lipinski definition) is 4. The number of benzene rings is 3. The molecule has 0 aliphatic carbocycles. The van der Waals surface area contributed by atoms with Crippen LogP contribution in [0.4, 0.5) is 5.69 Å². The summed E-state index contributed by atoms with van der Waals surface area (Å²) in [6.45, 7) is 1.83. The SMILES string of the molecule is C[C@@H]1S/C(=N\NC(=O)c2ccc(Cl)cc2)N(c2cccc3ccccc23)C1=O. The van der Waals surface area contributed by atoms with Gasteiger partial charge in [-0.15, -0.1) is 5.10 Å². The molecule has 4 rings (SSSR count). The van der Waals surface area contributed by atoms with Gasteiger partial charge in [0.05, 0.1) is 10.9 Å². The third-order valence-corrected chi connectivity index (χ3v) is 5.70. The fraction of sp³-hybridized carbons (Fsp3) is 0.0952. The van der Waals surface area contributed by atoms with Crippen LogP contribution in [0, 0.1) is 0 Å². The second kappa shape index (κ2) is 7.66. The van der Waals surface area contributed by atoms with Gasteiger partial charge in [-0.3, -0.25) is 14.5 Å². The topological polar surface area (TPSA) is 61.8 Å². The van der Waals surface area contributed by atoms with Crippen molar-refractivity contribution in [1.82, 2.24) is 5.43 Å². The number of hydrazone groups is 1. The highest BCUT2D eigenvalue weighted by Gasteiger charge is 2.37. The molecular weight excluding hydrogens is 394 g/mol. The van der Waals surface area contributed by atoms with Crippen LogP contribution in [-0.2, 0) is 4.79 Å². The van der Waals surface area contributed by atoms with Gasteiger partial charge in [-0.25, -0.2) is 5.43 Å². The van der Waals surface area contributed by atoms with Gasteiger partial charge < -0.3 is 0 Å². The Morgan fingerprint density at radius 1 is 1.07 bits per heavy atom. The Kier molecular flexibility index (Phi) is 5.07. The molecule has 0 bridgehead atoms. The summed E-state index contributed by atoms with van der Waals surface area (Å²) in [5.74, 6) is -0.435. The van der Waals surface area contributed by atoms with Gasteiger partial charge in [-0.05, 0) is 42.6 Å². The molecule has 0 unspecified atom stereocenters. The van der Waals surface area contributed by atoms with Crippen molar-refractivity contribution in [3.05, 3.63) is 77.3 Å². The molecule has 1 aliphatic rings. The first kappa shape index (κ1) is 18.5. The number of thioether (sulfide) groups is 1. The zero-order valence-corrected chi connectivity index (χ0v) is 16.5. The molecule has 1 fully saturated rings. The first-order valence-electron chi connectivity index (χ1n) is 8.66. The number of carbonyl (C=O) groups excluding carboxylic acids is 2. The molecule has 1 atom stereocenters. The molecule has 3 aromatic carbocycles. The minimum atomic E-state index is -0.366. The molecule has 1 saturated heterocycles. The molecular formula is C21H16ClN3O2S. The molecule has 140 valence electrons. The second-order valence-electron chi connectivity index (χ2n) is 6.27. The van der Waals surface area contributed by atoms with Crippen LogP contribution in [0.25, 0.3) is 10.8 Å². The normalized spacial score (nSPS) is 18.1. The maximum Gasteiger partial charge on any atom is 0.271 e. The van der Waals surface area contributed by atoms with Gasteiger partial charge in [-0.2, -0.15) is 0 Å². The molecule has 0 aromatic heterocycles. The van der Waals surface area contributed by atoms with Crippen molar-refractivity contribution in [3.63, 3.8) is 0 Å². The molecule has 2 amide bonds. The van der Waals surface area contributed by atoms with Crippen molar-refractivity contribution in [3.8, 4) is 0 Å². The fourth-order valence-electron chi connectivity index (χ4n) is 3.00. The van der Waals surface area contributed by atoms with Gasteiger partial charge in [0.25, 0.3) is 5.91 Å². The van der Waals surface area contributed by atoms with Crippen molar-refractivity contribution in [2.75, 3.05) is 4.90 Å². The molecule has 1 heterocycles. The third kappa shape index (κ3) is 3.48. The van der Waals surface area contributed by atoms with Gasteiger partial charge in [-0.1, -0.05) is 59.8 Å². The summed E-state index contributed by atoms with van der Waals surface area (Å²) < 4.78 is 0. The molecule has 1 N–H and O–H groups in total. The van der Waals surface area contributed by atoms with Crippen molar-refractivity contribution < 1.29 is 9.59 Å². The maximum atomic E-state index is 12.8. The van der Waals surface area contributed by atoms with E-state index in [1.54, 1.807) is 29.2 Å². The second-order valence-corrected chi connectivity index (χ2v) is 8.02. The highest BCUT2D eigenvalue weighted by molar-refractivity contribution is 8.16. The first-order chi connectivity index (χ1) is 13.5. The van der Waals surface area contributed by atoms with Crippen LogP contribution in [0.15, 0.2) is 71.8 Å². The van der Waals surface area contributed by atoms with Crippen molar-refractivity contribution >= 4 is 56.8 Å². The lowest BCUT2D eigenvalue weighted by Gasteiger charge is -2.18. The van der Waals surface area contributed by atoms with E-state index in [-0.39, 0.29) is 17.1 Å². The summed E-state index contributed by atoms with van der Waals surface area (Å²) in [5.41, 5.74) is 3.73. The van der Waals surface area contributed by atoms with Crippen LogP contribution in [0.5, 0.6) is 0 Å². The van der Waals surface area contributed by atoms with Crippen LogP contribution in [0.1, 0.15) is 17.3 Å². The number of anilines is 1. The van der Waals surface area contributed by atoms with Gasteiger partial charge >= 0.3 is 0 Å². The monoisotopic (exact) mass is 409 g/mol. The highest BCUT2D eigenvalue weighted by atomic mass is 35.5. The summed E-state index contributed by atoms with van der Waals surface area (Å²) in [5, 5.41) is 6.92. The zero-order chi connectivity index (χ0) is 19.7. The van der Waals surface area contributed by atoms with Crippen molar-refractivity contribution in [2.24, 2.45) is 5.10 Å². The minimum absolute atomic E-state index is 0.0687. The van der Waals surface area contributed by atoms with E-state index in [0.717, 1.165) is 16.5 Å². The lowest BCUT2D eigenvalue weighted by atomic mass is 10.1. The van der Waals surface area contributed by atoms with E-state index in [9.17, 15) is 9.59 Å². The Morgan fingerprint density at radius 2 is 1.79 bits per heavy atom.